The molecule has 2 N–H and O–H groups in total. The van der Waals surface area contributed by atoms with Crippen molar-refractivity contribution in [3.63, 3.8) is 0 Å². The molecule has 1 fully saturated rings. The number of halogens is 1. The van der Waals surface area contributed by atoms with Gasteiger partial charge in [-0.1, -0.05) is 34.5 Å². The molecule has 1 saturated carbocycles. The highest BCUT2D eigenvalue weighted by Gasteiger charge is 2.25. The Labute approximate surface area is 116 Å². The van der Waals surface area contributed by atoms with Crippen LogP contribution >= 0.6 is 15.9 Å². The number of alkyl halides is 1. The molecule has 98 valence electrons. The van der Waals surface area contributed by atoms with Crippen molar-refractivity contribution in [2.45, 2.75) is 31.0 Å². The summed E-state index contributed by atoms with van der Waals surface area (Å²) in [5.74, 6) is 0.389. The molecule has 1 amide bonds. The molecule has 0 spiro atoms. The van der Waals surface area contributed by atoms with Crippen LogP contribution < -0.4 is 5.32 Å². The Kier molecular flexibility index (Phi) is 4.27. The SMILES string of the molecule is Cc1cccc(C(=O)NCC2CCCC2Br)c1O. The fourth-order valence-electron chi connectivity index (χ4n) is 2.38. The maximum Gasteiger partial charge on any atom is 0.255 e. The molecule has 2 atom stereocenters. The summed E-state index contributed by atoms with van der Waals surface area (Å²) < 4.78 is 0. The van der Waals surface area contributed by atoms with E-state index in [9.17, 15) is 9.90 Å². The van der Waals surface area contributed by atoms with Crippen molar-refractivity contribution >= 4 is 21.8 Å². The number of carbonyl (C=O) groups is 1. The molecule has 1 aliphatic carbocycles. The Morgan fingerprint density at radius 1 is 1.50 bits per heavy atom. The third-order valence-corrected chi connectivity index (χ3v) is 4.78. The highest BCUT2D eigenvalue weighted by molar-refractivity contribution is 9.09. The minimum Gasteiger partial charge on any atom is -0.507 e. The lowest BCUT2D eigenvalue weighted by atomic mass is 10.1. The summed E-state index contributed by atoms with van der Waals surface area (Å²) >= 11 is 3.64. The zero-order valence-electron chi connectivity index (χ0n) is 10.4. The molecule has 1 aromatic carbocycles. The third-order valence-electron chi connectivity index (χ3n) is 3.57. The third kappa shape index (κ3) is 2.86. The molecular weight excluding hydrogens is 294 g/mol. The molecule has 0 bridgehead atoms. The molecule has 1 aromatic rings. The van der Waals surface area contributed by atoms with Gasteiger partial charge in [0, 0.05) is 11.4 Å². The highest BCUT2D eigenvalue weighted by atomic mass is 79.9. The van der Waals surface area contributed by atoms with Gasteiger partial charge >= 0.3 is 0 Å². The van der Waals surface area contributed by atoms with Crippen molar-refractivity contribution in [3.8, 4) is 5.75 Å². The second-order valence-electron chi connectivity index (χ2n) is 4.89. The number of aromatic hydroxyl groups is 1. The fourth-order valence-corrected chi connectivity index (χ4v) is 3.16. The summed E-state index contributed by atoms with van der Waals surface area (Å²) in [4.78, 5) is 12.5. The van der Waals surface area contributed by atoms with Crippen LogP contribution in [-0.2, 0) is 0 Å². The predicted molar refractivity (Wildman–Crippen MR) is 75.2 cm³/mol. The van der Waals surface area contributed by atoms with Crippen molar-refractivity contribution in [1.82, 2.24) is 5.32 Å². The summed E-state index contributed by atoms with van der Waals surface area (Å²) in [5.41, 5.74) is 1.08. The van der Waals surface area contributed by atoms with E-state index >= 15 is 0 Å². The average Bonchev–Trinajstić information content (AvgIpc) is 2.75. The second kappa shape index (κ2) is 5.74. The number of amides is 1. The van der Waals surface area contributed by atoms with Crippen molar-refractivity contribution < 1.29 is 9.90 Å². The normalized spacial score (nSPS) is 23.0. The van der Waals surface area contributed by atoms with Gasteiger partial charge in [-0.2, -0.15) is 0 Å². The minimum atomic E-state index is -0.192. The van der Waals surface area contributed by atoms with Crippen molar-refractivity contribution in [2.75, 3.05) is 6.54 Å². The summed E-state index contributed by atoms with van der Waals surface area (Å²) in [5, 5.41) is 12.8. The van der Waals surface area contributed by atoms with Crippen LogP contribution in [0, 0.1) is 12.8 Å². The molecule has 0 aromatic heterocycles. The summed E-state index contributed by atoms with van der Waals surface area (Å²) in [6, 6.07) is 5.22. The van der Waals surface area contributed by atoms with Crippen molar-refractivity contribution in [2.24, 2.45) is 5.92 Å². The van der Waals surface area contributed by atoms with E-state index in [1.165, 1.54) is 12.8 Å². The first-order chi connectivity index (χ1) is 8.59. The van der Waals surface area contributed by atoms with E-state index in [1.54, 1.807) is 25.1 Å². The predicted octanol–water partition coefficient (Wildman–Crippen LogP) is 2.99. The van der Waals surface area contributed by atoms with E-state index in [4.69, 9.17) is 0 Å². The highest BCUT2D eigenvalue weighted by Crippen LogP contribution is 2.31. The van der Waals surface area contributed by atoms with Gasteiger partial charge in [0.15, 0.2) is 0 Å². The first kappa shape index (κ1) is 13.4. The summed E-state index contributed by atoms with van der Waals surface area (Å²) in [6.07, 6.45) is 3.54. The number of rotatable bonds is 3. The van der Waals surface area contributed by atoms with Gasteiger partial charge in [0.25, 0.3) is 5.91 Å². The van der Waals surface area contributed by atoms with Crippen LogP contribution in [0.1, 0.15) is 35.2 Å². The van der Waals surface area contributed by atoms with Gasteiger partial charge in [-0.25, -0.2) is 0 Å². The first-order valence-electron chi connectivity index (χ1n) is 6.30. The van der Waals surface area contributed by atoms with Crippen LogP contribution in [0.4, 0.5) is 0 Å². The second-order valence-corrected chi connectivity index (χ2v) is 6.06. The van der Waals surface area contributed by atoms with Gasteiger partial charge in [-0.05, 0) is 37.3 Å². The Hall–Kier alpha value is -1.03. The summed E-state index contributed by atoms with van der Waals surface area (Å²) in [6.45, 7) is 2.46. The van der Waals surface area contributed by atoms with Crippen LogP contribution in [-0.4, -0.2) is 22.4 Å². The molecule has 1 aliphatic rings. The van der Waals surface area contributed by atoms with Crippen LogP contribution in [0.15, 0.2) is 18.2 Å². The quantitative estimate of drug-likeness (QED) is 0.843. The van der Waals surface area contributed by atoms with E-state index in [0.29, 0.717) is 22.9 Å². The van der Waals surface area contributed by atoms with Crippen LogP contribution in [0.25, 0.3) is 0 Å². The molecule has 4 heteroatoms. The monoisotopic (exact) mass is 311 g/mol. The number of hydrogen-bond donors (Lipinski definition) is 2. The van der Waals surface area contributed by atoms with E-state index in [1.807, 2.05) is 0 Å². The average molecular weight is 312 g/mol. The van der Waals surface area contributed by atoms with Gasteiger partial charge in [0.05, 0.1) is 5.56 Å². The number of phenols is 1. The molecule has 3 nitrogen and oxygen atoms in total. The number of carbonyl (C=O) groups excluding carboxylic acids is 1. The van der Waals surface area contributed by atoms with E-state index in [-0.39, 0.29) is 11.7 Å². The van der Waals surface area contributed by atoms with Crippen LogP contribution in [0.2, 0.25) is 0 Å². The molecule has 2 unspecified atom stereocenters. The van der Waals surface area contributed by atoms with Gasteiger partial charge in [-0.3, -0.25) is 4.79 Å². The van der Waals surface area contributed by atoms with Crippen molar-refractivity contribution in [3.05, 3.63) is 29.3 Å². The Balaban J connectivity index is 1.97. The number of para-hydroxylation sites is 1. The number of hydrogen-bond acceptors (Lipinski definition) is 2. The van der Waals surface area contributed by atoms with E-state index < -0.39 is 0 Å². The Bertz CT molecular complexity index is 447. The molecule has 0 saturated heterocycles. The number of aryl methyl sites for hydroxylation is 1. The molecule has 0 aliphatic heterocycles. The fraction of sp³-hybridized carbons (Fsp3) is 0.500. The zero-order valence-corrected chi connectivity index (χ0v) is 12.0. The number of nitrogens with one attached hydrogen (secondary N) is 1. The minimum absolute atomic E-state index is 0.0804. The van der Waals surface area contributed by atoms with Crippen LogP contribution in [0.5, 0.6) is 5.75 Å². The number of benzene rings is 1. The maximum atomic E-state index is 12.0. The zero-order chi connectivity index (χ0) is 13.1. The standard InChI is InChI=1S/C14H18BrNO2/c1-9-4-2-6-11(13(9)17)14(18)16-8-10-5-3-7-12(10)15/h2,4,6,10,12,17H,3,5,7-8H2,1H3,(H,16,18). The van der Waals surface area contributed by atoms with Crippen molar-refractivity contribution in [1.29, 1.82) is 0 Å². The van der Waals surface area contributed by atoms with Gasteiger partial charge in [0.2, 0.25) is 0 Å². The van der Waals surface area contributed by atoms with E-state index in [2.05, 4.69) is 21.2 Å². The Morgan fingerprint density at radius 3 is 2.94 bits per heavy atom. The summed E-state index contributed by atoms with van der Waals surface area (Å²) in [7, 11) is 0. The first-order valence-corrected chi connectivity index (χ1v) is 7.22. The lowest BCUT2D eigenvalue weighted by Gasteiger charge is -2.15. The topological polar surface area (TPSA) is 49.3 Å². The largest absolute Gasteiger partial charge is 0.507 e. The van der Waals surface area contributed by atoms with E-state index in [0.717, 1.165) is 12.0 Å². The molecule has 0 heterocycles. The number of phenolic OH excluding ortho intramolecular Hbond substituents is 1. The lowest BCUT2D eigenvalue weighted by Crippen LogP contribution is -2.31. The van der Waals surface area contributed by atoms with Gasteiger partial charge < -0.3 is 10.4 Å². The van der Waals surface area contributed by atoms with Gasteiger partial charge in [-0.15, -0.1) is 0 Å². The van der Waals surface area contributed by atoms with Gasteiger partial charge in [0.1, 0.15) is 5.75 Å². The molecular formula is C14H18BrNO2. The molecule has 0 radical (unpaired) electrons. The maximum absolute atomic E-state index is 12.0. The lowest BCUT2D eigenvalue weighted by molar-refractivity contribution is 0.0945. The molecule has 18 heavy (non-hydrogen) atoms. The molecule has 2 rings (SSSR count). The smallest absolute Gasteiger partial charge is 0.255 e. The van der Waals surface area contributed by atoms with Crippen LogP contribution in [0.3, 0.4) is 0 Å². The Morgan fingerprint density at radius 2 is 2.28 bits per heavy atom.